The molecular formula is C18H22N2O4. The van der Waals surface area contributed by atoms with Crippen molar-refractivity contribution in [2.75, 3.05) is 13.2 Å². The summed E-state index contributed by atoms with van der Waals surface area (Å²) in [5.74, 6) is 1.97. The number of ether oxygens (including phenoxy) is 2. The third kappa shape index (κ3) is 3.09. The molecule has 3 rings (SSSR count). The average Bonchev–Trinajstić information content (AvgIpc) is 2.96. The minimum atomic E-state index is -0.181. The standard InChI is InChI=1S/C18H22N2O4/c1-10(2)17-16(12(4)20-24-17)18(21)19-11(3)13-5-6-14-15(9-13)23-8-7-22-14/h5-6,9-11H,7-8H2,1-4H3,(H,19,21)/t11-/m1/s1. The molecule has 0 saturated carbocycles. The first-order valence-electron chi connectivity index (χ1n) is 8.14. The van der Waals surface area contributed by atoms with E-state index >= 15 is 0 Å². The molecule has 0 fully saturated rings. The number of fused-ring (bicyclic) bond motifs is 1. The lowest BCUT2D eigenvalue weighted by molar-refractivity contribution is 0.0936. The molecule has 6 heteroatoms. The Balaban J connectivity index is 1.78. The number of nitrogens with zero attached hydrogens (tertiary/aromatic N) is 1. The first-order valence-corrected chi connectivity index (χ1v) is 8.14. The summed E-state index contributed by atoms with van der Waals surface area (Å²) < 4.78 is 16.4. The third-order valence-electron chi connectivity index (χ3n) is 4.05. The number of nitrogens with one attached hydrogen (secondary N) is 1. The molecule has 1 aromatic heterocycles. The van der Waals surface area contributed by atoms with E-state index in [1.54, 1.807) is 6.92 Å². The van der Waals surface area contributed by atoms with Crippen LogP contribution in [0.3, 0.4) is 0 Å². The molecule has 1 aliphatic rings. The van der Waals surface area contributed by atoms with Gasteiger partial charge in [-0.05, 0) is 31.5 Å². The van der Waals surface area contributed by atoms with E-state index < -0.39 is 0 Å². The van der Waals surface area contributed by atoms with Gasteiger partial charge in [0, 0.05) is 5.92 Å². The highest BCUT2D eigenvalue weighted by molar-refractivity contribution is 5.96. The molecule has 0 bridgehead atoms. The van der Waals surface area contributed by atoms with Crippen molar-refractivity contribution in [3.63, 3.8) is 0 Å². The van der Waals surface area contributed by atoms with Crippen molar-refractivity contribution in [3.8, 4) is 11.5 Å². The first-order chi connectivity index (χ1) is 11.5. The van der Waals surface area contributed by atoms with Crippen LogP contribution in [0.15, 0.2) is 22.7 Å². The molecule has 6 nitrogen and oxygen atoms in total. The van der Waals surface area contributed by atoms with Gasteiger partial charge in [0.1, 0.15) is 18.8 Å². The van der Waals surface area contributed by atoms with Crippen molar-refractivity contribution in [2.24, 2.45) is 0 Å². The fraction of sp³-hybridized carbons (Fsp3) is 0.444. The van der Waals surface area contributed by atoms with Gasteiger partial charge in [-0.25, -0.2) is 0 Å². The van der Waals surface area contributed by atoms with Crippen molar-refractivity contribution < 1.29 is 18.8 Å². The summed E-state index contributed by atoms with van der Waals surface area (Å²) in [7, 11) is 0. The Bertz CT molecular complexity index is 751. The summed E-state index contributed by atoms with van der Waals surface area (Å²) in [5, 5.41) is 6.93. The van der Waals surface area contributed by atoms with Gasteiger partial charge < -0.3 is 19.3 Å². The van der Waals surface area contributed by atoms with Crippen LogP contribution in [-0.2, 0) is 0 Å². The van der Waals surface area contributed by atoms with E-state index in [9.17, 15) is 4.79 Å². The summed E-state index contributed by atoms with van der Waals surface area (Å²) in [6.07, 6.45) is 0. The zero-order valence-corrected chi connectivity index (χ0v) is 14.4. The smallest absolute Gasteiger partial charge is 0.257 e. The van der Waals surface area contributed by atoms with Crippen LogP contribution in [0.5, 0.6) is 11.5 Å². The Morgan fingerprint density at radius 3 is 2.58 bits per heavy atom. The minimum Gasteiger partial charge on any atom is -0.486 e. The van der Waals surface area contributed by atoms with Gasteiger partial charge in [-0.3, -0.25) is 4.79 Å². The number of amides is 1. The molecule has 0 unspecified atom stereocenters. The quantitative estimate of drug-likeness (QED) is 0.930. The number of carbonyl (C=O) groups excluding carboxylic acids is 1. The summed E-state index contributed by atoms with van der Waals surface area (Å²) in [5.41, 5.74) is 2.08. The number of aromatic nitrogens is 1. The summed E-state index contributed by atoms with van der Waals surface area (Å²) in [6, 6.07) is 5.53. The predicted molar refractivity (Wildman–Crippen MR) is 88.6 cm³/mol. The maximum Gasteiger partial charge on any atom is 0.257 e. The van der Waals surface area contributed by atoms with Crippen LogP contribution in [0.25, 0.3) is 0 Å². The van der Waals surface area contributed by atoms with E-state index in [1.165, 1.54) is 0 Å². The maximum absolute atomic E-state index is 12.7. The van der Waals surface area contributed by atoms with E-state index in [2.05, 4.69) is 10.5 Å². The highest BCUT2D eigenvalue weighted by Gasteiger charge is 2.24. The van der Waals surface area contributed by atoms with Crippen molar-refractivity contribution in [1.29, 1.82) is 0 Å². The lowest BCUT2D eigenvalue weighted by atomic mass is 10.0. The Kier molecular flexibility index (Phi) is 4.46. The summed E-state index contributed by atoms with van der Waals surface area (Å²) in [4.78, 5) is 12.7. The molecule has 0 radical (unpaired) electrons. The van der Waals surface area contributed by atoms with Gasteiger partial charge in [0.05, 0.1) is 11.7 Å². The molecule has 1 N–H and O–H groups in total. The summed E-state index contributed by atoms with van der Waals surface area (Å²) in [6.45, 7) is 8.75. The van der Waals surface area contributed by atoms with E-state index in [1.807, 2.05) is 39.0 Å². The number of benzene rings is 1. The topological polar surface area (TPSA) is 73.6 Å². The second-order valence-corrected chi connectivity index (χ2v) is 6.26. The van der Waals surface area contributed by atoms with E-state index in [4.69, 9.17) is 14.0 Å². The molecule has 1 atom stereocenters. The zero-order chi connectivity index (χ0) is 17.3. The Labute approximate surface area is 141 Å². The van der Waals surface area contributed by atoms with Gasteiger partial charge in [-0.1, -0.05) is 25.1 Å². The van der Waals surface area contributed by atoms with Gasteiger partial charge >= 0.3 is 0 Å². The van der Waals surface area contributed by atoms with Gasteiger partial charge in [0.25, 0.3) is 5.91 Å². The minimum absolute atomic E-state index is 0.0940. The normalized spacial score (nSPS) is 14.5. The summed E-state index contributed by atoms with van der Waals surface area (Å²) >= 11 is 0. The SMILES string of the molecule is Cc1noc(C(C)C)c1C(=O)N[C@H](C)c1ccc2c(c1)OCCO2. The Morgan fingerprint density at radius 1 is 1.17 bits per heavy atom. The highest BCUT2D eigenvalue weighted by atomic mass is 16.6. The molecular weight excluding hydrogens is 308 g/mol. The first kappa shape index (κ1) is 16.4. The van der Waals surface area contributed by atoms with Crippen molar-refractivity contribution in [2.45, 2.75) is 39.7 Å². The van der Waals surface area contributed by atoms with Crippen molar-refractivity contribution >= 4 is 5.91 Å². The maximum atomic E-state index is 12.7. The molecule has 1 aromatic carbocycles. The predicted octanol–water partition coefficient (Wildman–Crippen LogP) is 3.37. The Hall–Kier alpha value is -2.50. The number of hydrogen-bond donors (Lipinski definition) is 1. The third-order valence-corrected chi connectivity index (χ3v) is 4.05. The van der Waals surface area contributed by atoms with Crippen molar-refractivity contribution in [1.82, 2.24) is 10.5 Å². The lowest BCUT2D eigenvalue weighted by Gasteiger charge is -2.21. The van der Waals surface area contributed by atoms with Gasteiger partial charge in [-0.2, -0.15) is 0 Å². The molecule has 2 heterocycles. The number of hydrogen-bond acceptors (Lipinski definition) is 5. The van der Waals surface area contributed by atoms with Gasteiger partial charge in [-0.15, -0.1) is 0 Å². The van der Waals surface area contributed by atoms with Crippen LogP contribution in [0.1, 0.15) is 60.1 Å². The largest absolute Gasteiger partial charge is 0.486 e. The molecule has 0 aliphatic carbocycles. The van der Waals surface area contributed by atoms with E-state index in [-0.39, 0.29) is 17.9 Å². The van der Waals surface area contributed by atoms with Crippen LogP contribution in [0.2, 0.25) is 0 Å². The lowest BCUT2D eigenvalue weighted by Crippen LogP contribution is -2.28. The van der Waals surface area contributed by atoms with Crippen LogP contribution in [0, 0.1) is 6.92 Å². The van der Waals surface area contributed by atoms with Crippen LogP contribution >= 0.6 is 0 Å². The van der Waals surface area contributed by atoms with Crippen LogP contribution in [0.4, 0.5) is 0 Å². The molecule has 0 spiro atoms. The molecule has 24 heavy (non-hydrogen) atoms. The average molecular weight is 330 g/mol. The number of rotatable bonds is 4. The van der Waals surface area contributed by atoms with Crippen molar-refractivity contribution in [3.05, 3.63) is 40.8 Å². The Morgan fingerprint density at radius 2 is 1.88 bits per heavy atom. The number of carbonyl (C=O) groups is 1. The monoisotopic (exact) mass is 330 g/mol. The molecule has 1 amide bonds. The number of aryl methyl sites for hydroxylation is 1. The second-order valence-electron chi connectivity index (χ2n) is 6.26. The van der Waals surface area contributed by atoms with Crippen LogP contribution < -0.4 is 14.8 Å². The van der Waals surface area contributed by atoms with Crippen LogP contribution in [-0.4, -0.2) is 24.3 Å². The highest BCUT2D eigenvalue weighted by Crippen LogP contribution is 2.32. The van der Waals surface area contributed by atoms with Gasteiger partial charge in [0.15, 0.2) is 17.3 Å². The van der Waals surface area contributed by atoms with E-state index in [0.717, 1.165) is 11.3 Å². The fourth-order valence-electron chi connectivity index (χ4n) is 2.74. The molecule has 128 valence electrons. The molecule has 0 saturated heterocycles. The van der Waals surface area contributed by atoms with E-state index in [0.29, 0.717) is 36.0 Å². The second kappa shape index (κ2) is 6.55. The van der Waals surface area contributed by atoms with Gasteiger partial charge in [0.2, 0.25) is 0 Å². The fourth-order valence-corrected chi connectivity index (χ4v) is 2.74. The molecule has 1 aliphatic heterocycles. The molecule has 2 aromatic rings. The zero-order valence-electron chi connectivity index (χ0n) is 14.4.